The van der Waals surface area contributed by atoms with E-state index in [-0.39, 0.29) is 0 Å². The molecule has 0 amide bonds. The molecular weight excluding hydrogens is 322 g/mol. The van der Waals surface area contributed by atoms with Gasteiger partial charge in [0.25, 0.3) is 0 Å². The number of hydrogen-bond donors (Lipinski definition) is 1. The molecule has 0 bridgehead atoms. The highest BCUT2D eigenvalue weighted by molar-refractivity contribution is 9.10. The summed E-state index contributed by atoms with van der Waals surface area (Å²) in [6.45, 7) is 0.680. The van der Waals surface area contributed by atoms with Gasteiger partial charge in [-0.2, -0.15) is 0 Å². The Balaban J connectivity index is 2.24. The quantitative estimate of drug-likeness (QED) is 0.932. The predicted octanol–water partition coefficient (Wildman–Crippen LogP) is 3.51. The lowest BCUT2D eigenvalue weighted by Crippen LogP contribution is -1.99. The third-order valence-electron chi connectivity index (χ3n) is 2.22. The van der Waals surface area contributed by atoms with Crippen molar-refractivity contribution in [2.24, 2.45) is 5.73 Å². The second-order valence-electron chi connectivity index (χ2n) is 3.52. The maximum atomic E-state index is 5.90. The first-order valence-corrected chi connectivity index (χ1v) is 7.17. The van der Waals surface area contributed by atoms with Crippen LogP contribution in [-0.2, 0) is 6.42 Å². The summed E-state index contributed by atoms with van der Waals surface area (Å²) in [6.07, 6.45) is 1.83. The van der Waals surface area contributed by atoms with E-state index in [0.29, 0.717) is 11.6 Å². The molecule has 17 heavy (non-hydrogen) atoms. The van der Waals surface area contributed by atoms with Crippen molar-refractivity contribution in [1.29, 1.82) is 0 Å². The van der Waals surface area contributed by atoms with Crippen LogP contribution in [0.5, 0.6) is 0 Å². The molecule has 2 rings (SSSR count). The van der Waals surface area contributed by atoms with Crippen LogP contribution >= 0.6 is 38.9 Å². The normalized spacial score (nSPS) is 10.8. The largest absolute Gasteiger partial charge is 0.330 e. The minimum atomic E-state index is 0.680. The Morgan fingerprint density at radius 3 is 2.88 bits per heavy atom. The smallest absolute Gasteiger partial charge is 0.148 e. The van der Waals surface area contributed by atoms with Gasteiger partial charge in [0.2, 0.25) is 0 Å². The topological polar surface area (TPSA) is 51.8 Å². The number of nitrogens with two attached hydrogens (primary N) is 1. The predicted molar refractivity (Wildman–Crippen MR) is 75.4 cm³/mol. The molecule has 0 saturated heterocycles. The van der Waals surface area contributed by atoms with Crippen LogP contribution in [0.2, 0.25) is 5.02 Å². The number of hydrogen-bond acceptors (Lipinski definition) is 4. The van der Waals surface area contributed by atoms with Gasteiger partial charge in [-0.25, -0.2) is 0 Å². The third-order valence-corrected chi connectivity index (χ3v) is 4.13. The molecule has 2 aromatic rings. The molecule has 0 saturated carbocycles. The molecule has 0 atom stereocenters. The first-order valence-electron chi connectivity index (χ1n) is 5.18. The first kappa shape index (κ1) is 13.0. The molecule has 0 fully saturated rings. The van der Waals surface area contributed by atoms with E-state index in [1.165, 1.54) is 0 Å². The van der Waals surface area contributed by atoms with Crippen molar-refractivity contribution < 1.29 is 0 Å². The number of nitrogens with zero attached hydrogens (tertiary/aromatic N) is 2. The lowest BCUT2D eigenvalue weighted by Gasteiger charge is -1.99. The fourth-order valence-corrected chi connectivity index (χ4v) is 3.30. The van der Waals surface area contributed by atoms with Crippen molar-refractivity contribution in [2.75, 3.05) is 6.54 Å². The van der Waals surface area contributed by atoms with E-state index in [2.05, 4.69) is 26.1 Å². The Morgan fingerprint density at radius 1 is 1.35 bits per heavy atom. The van der Waals surface area contributed by atoms with Crippen LogP contribution in [0.15, 0.2) is 22.7 Å². The second kappa shape index (κ2) is 5.91. The van der Waals surface area contributed by atoms with E-state index in [0.717, 1.165) is 32.9 Å². The zero-order valence-corrected chi connectivity index (χ0v) is 12.1. The number of rotatable bonds is 4. The van der Waals surface area contributed by atoms with E-state index in [9.17, 15) is 0 Å². The van der Waals surface area contributed by atoms with Crippen LogP contribution < -0.4 is 5.73 Å². The Morgan fingerprint density at radius 2 is 2.18 bits per heavy atom. The van der Waals surface area contributed by atoms with Gasteiger partial charge in [0, 0.05) is 21.5 Å². The maximum absolute atomic E-state index is 5.90. The third kappa shape index (κ3) is 3.25. The summed E-state index contributed by atoms with van der Waals surface area (Å²) >= 11 is 11.0. The molecule has 0 unspecified atom stereocenters. The monoisotopic (exact) mass is 331 g/mol. The van der Waals surface area contributed by atoms with Crippen LogP contribution in [0, 0.1) is 0 Å². The average Bonchev–Trinajstić information content (AvgIpc) is 2.75. The van der Waals surface area contributed by atoms with Gasteiger partial charge in [-0.3, -0.25) is 0 Å². The molecule has 0 aliphatic heterocycles. The SMILES string of the molecule is NCCCc1nnc(-c2ccc(Cl)cc2Br)s1. The number of aryl methyl sites for hydroxylation is 1. The molecule has 0 spiro atoms. The van der Waals surface area contributed by atoms with Crippen molar-refractivity contribution in [2.45, 2.75) is 12.8 Å². The van der Waals surface area contributed by atoms with Gasteiger partial charge < -0.3 is 5.73 Å². The van der Waals surface area contributed by atoms with Crippen molar-refractivity contribution in [1.82, 2.24) is 10.2 Å². The Kier molecular flexibility index (Phi) is 4.50. The van der Waals surface area contributed by atoms with Gasteiger partial charge >= 0.3 is 0 Å². The summed E-state index contributed by atoms with van der Waals surface area (Å²) in [6, 6.07) is 5.65. The fraction of sp³-hybridized carbons (Fsp3) is 0.273. The molecule has 90 valence electrons. The molecule has 6 heteroatoms. The summed E-state index contributed by atoms with van der Waals surface area (Å²) in [7, 11) is 0. The second-order valence-corrected chi connectivity index (χ2v) is 5.87. The number of aromatic nitrogens is 2. The highest BCUT2D eigenvalue weighted by Gasteiger charge is 2.09. The van der Waals surface area contributed by atoms with Crippen molar-refractivity contribution in [3.63, 3.8) is 0 Å². The van der Waals surface area contributed by atoms with Gasteiger partial charge in [0.05, 0.1) is 0 Å². The van der Waals surface area contributed by atoms with Crippen molar-refractivity contribution in [3.05, 3.63) is 32.7 Å². The molecule has 2 N–H and O–H groups in total. The number of benzene rings is 1. The van der Waals surface area contributed by atoms with Gasteiger partial charge in [-0.15, -0.1) is 10.2 Å². The van der Waals surface area contributed by atoms with Crippen LogP contribution in [-0.4, -0.2) is 16.7 Å². The van der Waals surface area contributed by atoms with Crippen molar-refractivity contribution in [3.8, 4) is 10.6 Å². The zero-order valence-electron chi connectivity index (χ0n) is 8.99. The highest BCUT2D eigenvalue weighted by Crippen LogP contribution is 2.32. The molecule has 0 radical (unpaired) electrons. The van der Waals surface area contributed by atoms with E-state index < -0.39 is 0 Å². The van der Waals surface area contributed by atoms with E-state index in [4.69, 9.17) is 17.3 Å². The molecule has 3 nitrogen and oxygen atoms in total. The lowest BCUT2D eigenvalue weighted by atomic mass is 10.2. The minimum absolute atomic E-state index is 0.680. The Hall–Kier alpha value is -0.490. The molecule has 0 aliphatic rings. The van der Waals surface area contributed by atoms with Crippen LogP contribution in [0.1, 0.15) is 11.4 Å². The molecule has 1 heterocycles. The summed E-state index contributed by atoms with van der Waals surface area (Å²) in [5.41, 5.74) is 6.49. The van der Waals surface area contributed by atoms with Gasteiger partial charge in [-0.1, -0.05) is 38.9 Å². The summed E-state index contributed by atoms with van der Waals surface area (Å²) in [5, 5.41) is 11.0. The fourth-order valence-electron chi connectivity index (χ4n) is 1.38. The van der Waals surface area contributed by atoms with Crippen LogP contribution in [0.4, 0.5) is 0 Å². The summed E-state index contributed by atoms with van der Waals surface area (Å²) in [5.74, 6) is 0. The molecule has 0 aliphatic carbocycles. The van der Waals surface area contributed by atoms with Gasteiger partial charge in [0.15, 0.2) is 0 Å². The maximum Gasteiger partial charge on any atom is 0.148 e. The van der Waals surface area contributed by atoms with Crippen molar-refractivity contribution >= 4 is 38.9 Å². The van der Waals surface area contributed by atoms with E-state index in [1.54, 1.807) is 11.3 Å². The highest BCUT2D eigenvalue weighted by atomic mass is 79.9. The van der Waals surface area contributed by atoms with E-state index in [1.807, 2.05) is 18.2 Å². The Labute approximate surface area is 117 Å². The zero-order chi connectivity index (χ0) is 12.3. The summed E-state index contributed by atoms with van der Waals surface area (Å²) in [4.78, 5) is 0. The summed E-state index contributed by atoms with van der Waals surface area (Å²) < 4.78 is 0.937. The first-order chi connectivity index (χ1) is 8.20. The molecule has 1 aromatic heterocycles. The number of halogens is 2. The van der Waals surface area contributed by atoms with E-state index >= 15 is 0 Å². The molecular formula is C11H11BrClN3S. The van der Waals surface area contributed by atoms with Crippen LogP contribution in [0.25, 0.3) is 10.6 Å². The van der Waals surface area contributed by atoms with Gasteiger partial charge in [0.1, 0.15) is 10.0 Å². The lowest BCUT2D eigenvalue weighted by molar-refractivity contribution is 0.812. The molecule has 1 aromatic carbocycles. The van der Waals surface area contributed by atoms with Gasteiger partial charge in [-0.05, 0) is 31.2 Å². The standard InChI is InChI=1S/C11H11BrClN3S/c12-9-6-7(13)3-4-8(9)11-16-15-10(17-11)2-1-5-14/h3-4,6H,1-2,5,14H2. The average molecular weight is 333 g/mol. The Bertz CT molecular complexity index is 515. The minimum Gasteiger partial charge on any atom is -0.330 e. The van der Waals surface area contributed by atoms with Crippen LogP contribution in [0.3, 0.4) is 0 Å².